The summed E-state index contributed by atoms with van der Waals surface area (Å²) in [5.74, 6) is -1.10. The highest BCUT2D eigenvalue weighted by atomic mass is 32.2. The fraction of sp³-hybridized carbons (Fsp3) is 0.500. The lowest BCUT2D eigenvalue weighted by Crippen LogP contribution is -2.36. The second-order valence-electron chi connectivity index (χ2n) is 6.00. The van der Waals surface area contributed by atoms with Crippen molar-refractivity contribution in [1.82, 2.24) is 4.72 Å². The van der Waals surface area contributed by atoms with Crippen molar-refractivity contribution in [3.8, 4) is 0 Å². The van der Waals surface area contributed by atoms with Crippen LogP contribution in [0.5, 0.6) is 0 Å². The van der Waals surface area contributed by atoms with Gasteiger partial charge in [-0.05, 0) is 11.0 Å². The second kappa shape index (κ2) is 6.37. The molecule has 0 aliphatic heterocycles. The van der Waals surface area contributed by atoms with Crippen LogP contribution in [-0.2, 0) is 14.8 Å². The number of benzene rings is 1. The lowest BCUT2D eigenvalue weighted by atomic mass is 10.0. The number of aliphatic carboxylic acids is 1. The van der Waals surface area contributed by atoms with Crippen LogP contribution in [0, 0.1) is 5.41 Å². The van der Waals surface area contributed by atoms with Crippen molar-refractivity contribution < 1.29 is 18.3 Å². The molecule has 20 heavy (non-hydrogen) atoms. The van der Waals surface area contributed by atoms with Crippen LogP contribution < -0.4 is 4.72 Å². The minimum atomic E-state index is -3.55. The Balaban J connectivity index is 2.94. The average Bonchev–Trinajstić information content (AvgIpc) is 2.25. The monoisotopic (exact) mass is 299 g/mol. The largest absolute Gasteiger partial charge is 0.481 e. The van der Waals surface area contributed by atoms with Crippen LogP contribution >= 0.6 is 0 Å². The van der Waals surface area contributed by atoms with E-state index in [1.807, 2.05) is 20.8 Å². The first kappa shape index (κ1) is 16.7. The molecule has 1 aromatic rings. The van der Waals surface area contributed by atoms with Gasteiger partial charge in [0.1, 0.15) is 0 Å². The highest BCUT2D eigenvalue weighted by Crippen LogP contribution is 2.21. The first-order valence-electron chi connectivity index (χ1n) is 6.36. The molecule has 1 atom stereocenters. The first-order valence-corrected chi connectivity index (χ1v) is 8.01. The summed E-state index contributed by atoms with van der Waals surface area (Å²) < 4.78 is 26.7. The summed E-state index contributed by atoms with van der Waals surface area (Å²) in [6, 6.07) is 7.98. The number of sulfonamides is 1. The summed E-state index contributed by atoms with van der Waals surface area (Å²) >= 11 is 0. The van der Waals surface area contributed by atoms with Crippen LogP contribution in [0.25, 0.3) is 0 Å². The van der Waals surface area contributed by atoms with Gasteiger partial charge in [-0.15, -0.1) is 0 Å². The molecule has 2 N–H and O–H groups in total. The van der Waals surface area contributed by atoms with Gasteiger partial charge in [0.2, 0.25) is 10.0 Å². The molecular formula is C14H21NO4S. The maximum Gasteiger partial charge on any atom is 0.305 e. The number of carboxylic acids is 1. The van der Waals surface area contributed by atoms with Crippen molar-refractivity contribution in [2.24, 2.45) is 5.41 Å². The van der Waals surface area contributed by atoms with Gasteiger partial charge < -0.3 is 5.11 Å². The molecule has 0 amide bonds. The molecule has 0 heterocycles. The van der Waals surface area contributed by atoms with E-state index in [0.717, 1.165) is 0 Å². The van der Waals surface area contributed by atoms with E-state index in [2.05, 4.69) is 4.72 Å². The highest BCUT2D eigenvalue weighted by molar-refractivity contribution is 7.89. The normalized spacial score (nSPS) is 13.9. The molecule has 1 aromatic carbocycles. The molecule has 5 nitrogen and oxygen atoms in total. The molecule has 0 aromatic heterocycles. The number of carbonyl (C=O) groups is 1. The van der Waals surface area contributed by atoms with Crippen molar-refractivity contribution >= 4 is 16.0 Å². The lowest BCUT2D eigenvalue weighted by Gasteiger charge is -2.22. The van der Waals surface area contributed by atoms with Crippen LogP contribution in [0.2, 0.25) is 0 Å². The van der Waals surface area contributed by atoms with Crippen LogP contribution in [0.4, 0.5) is 0 Å². The topological polar surface area (TPSA) is 83.5 Å². The van der Waals surface area contributed by atoms with Crippen molar-refractivity contribution in [2.45, 2.75) is 33.2 Å². The maximum atomic E-state index is 12.1. The van der Waals surface area contributed by atoms with E-state index >= 15 is 0 Å². The number of rotatable bonds is 6. The van der Waals surface area contributed by atoms with Gasteiger partial charge in [-0.25, -0.2) is 13.1 Å². The second-order valence-corrected chi connectivity index (χ2v) is 7.75. The molecule has 0 radical (unpaired) electrons. The standard InChI is InChI=1S/C14H21NO4S/c1-14(2,3)10-20(18,19)15-12(9-13(16)17)11-7-5-4-6-8-11/h4-8,12,15H,9-10H2,1-3H3,(H,16,17). The van der Waals surface area contributed by atoms with E-state index in [-0.39, 0.29) is 12.2 Å². The van der Waals surface area contributed by atoms with Crippen LogP contribution in [0.3, 0.4) is 0 Å². The molecule has 0 saturated heterocycles. The third-order valence-corrected chi connectivity index (χ3v) is 4.42. The van der Waals surface area contributed by atoms with Crippen molar-refractivity contribution in [2.75, 3.05) is 5.75 Å². The predicted molar refractivity (Wildman–Crippen MR) is 77.8 cm³/mol. The quantitative estimate of drug-likeness (QED) is 0.843. The van der Waals surface area contributed by atoms with Gasteiger partial charge in [-0.3, -0.25) is 4.79 Å². The summed E-state index contributed by atoms with van der Waals surface area (Å²) in [7, 11) is -3.55. The first-order chi connectivity index (χ1) is 9.09. The van der Waals surface area contributed by atoms with Crippen molar-refractivity contribution in [1.29, 1.82) is 0 Å². The van der Waals surface area contributed by atoms with Gasteiger partial charge in [0.05, 0.1) is 18.2 Å². The molecule has 112 valence electrons. The Kier molecular flexibility index (Phi) is 5.30. The third kappa shape index (κ3) is 6.16. The zero-order valence-electron chi connectivity index (χ0n) is 12.0. The molecule has 1 rings (SSSR count). The Labute approximate surface area is 120 Å². The maximum absolute atomic E-state index is 12.1. The van der Waals surface area contributed by atoms with Gasteiger partial charge in [0.15, 0.2) is 0 Å². The van der Waals surface area contributed by atoms with Gasteiger partial charge in [-0.1, -0.05) is 51.1 Å². The molecule has 0 aliphatic rings. The van der Waals surface area contributed by atoms with Crippen LogP contribution in [0.15, 0.2) is 30.3 Å². The van der Waals surface area contributed by atoms with Gasteiger partial charge in [0, 0.05) is 0 Å². The minimum absolute atomic E-state index is 0.0526. The van der Waals surface area contributed by atoms with E-state index in [1.54, 1.807) is 30.3 Å². The zero-order valence-corrected chi connectivity index (χ0v) is 12.8. The number of hydrogen-bond donors (Lipinski definition) is 2. The number of hydrogen-bond acceptors (Lipinski definition) is 3. The predicted octanol–water partition coefficient (Wildman–Crippen LogP) is 2.17. The summed E-state index contributed by atoms with van der Waals surface area (Å²) in [6.45, 7) is 5.46. The molecular weight excluding hydrogens is 278 g/mol. The fourth-order valence-corrected chi connectivity index (χ4v) is 3.79. The van der Waals surface area contributed by atoms with E-state index < -0.39 is 27.4 Å². The lowest BCUT2D eigenvalue weighted by molar-refractivity contribution is -0.137. The Hall–Kier alpha value is -1.40. The molecule has 0 bridgehead atoms. The smallest absolute Gasteiger partial charge is 0.305 e. The van der Waals surface area contributed by atoms with Crippen molar-refractivity contribution in [3.63, 3.8) is 0 Å². The average molecular weight is 299 g/mol. The summed E-state index contributed by atoms with van der Waals surface area (Å²) in [4.78, 5) is 10.9. The van der Waals surface area contributed by atoms with Crippen molar-refractivity contribution in [3.05, 3.63) is 35.9 Å². The SMILES string of the molecule is CC(C)(C)CS(=O)(=O)NC(CC(=O)O)c1ccccc1. The van der Waals surface area contributed by atoms with E-state index in [9.17, 15) is 13.2 Å². The summed E-state index contributed by atoms with van der Waals surface area (Å²) in [5.41, 5.74) is 0.253. The highest BCUT2D eigenvalue weighted by Gasteiger charge is 2.26. The zero-order chi connectivity index (χ0) is 15.4. The number of carboxylic acid groups (broad SMARTS) is 1. The van der Waals surface area contributed by atoms with Gasteiger partial charge in [-0.2, -0.15) is 0 Å². The molecule has 1 unspecified atom stereocenters. The molecule has 0 fully saturated rings. The molecule has 0 saturated carbocycles. The number of nitrogens with one attached hydrogen (secondary N) is 1. The molecule has 0 spiro atoms. The Bertz CT molecular complexity index is 546. The summed E-state index contributed by atoms with van der Waals surface area (Å²) in [6.07, 6.45) is -0.284. The van der Waals surface area contributed by atoms with E-state index in [1.165, 1.54) is 0 Å². The van der Waals surface area contributed by atoms with E-state index in [0.29, 0.717) is 5.56 Å². The molecule has 0 aliphatic carbocycles. The van der Waals surface area contributed by atoms with E-state index in [4.69, 9.17) is 5.11 Å². The third-order valence-electron chi connectivity index (χ3n) is 2.53. The molecule has 6 heteroatoms. The summed E-state index contributed by atoms with van der Waals surface area (Å²) in [5, 5.41) is 8.94. The fourth-order valence-electron chi connectivity index (χ4n) is 1.92. The van der Waals surface area contributed by atoms with Crippen LogP contribution in [-0.4, -0.2) is 25.2 Å². The van der Waals surface area contributed by atoms with Crippen LogP contribution in [0.1, 0.15) is 38.8 Å². The Morgan fingerprint density at radius 1 is 1.25 bits per heavy atom. The Morgan fingerprint density at radius 3 is 2.25 bits per heavy atom. The van der Waals surface area contributed by atoms with Gasteiger partial charge in [0.25, 0.3) is 0 Å². The minimum Gasteiger partial charge on any atom is -0.481 e. The van der Waals surface area contributed by atoms with Gasteiger partial charge >= 0.3 is 5.97 Å². The Morgan fingerprint density at radius 2 is 1.80 bits per heavy atom.